The topological polar surface area (TPSA) is 55.1 Å². The zero-order valence-electron chi connectivity index (χ0n) is 13.2. The Labute approximate surface area is 118 Å². The van der Waals surface area contributed by atoms with E-state index in [0.717, 1.165) is 19.4 Å². The Morgan fingerprint density at radius 2 is 1.84 bits per heavy atom. The van der Waals surface area contributed by atoms with Crippen molar-refractivity contribution in [3.8, 4) is 0 Å². The van der Waals surface area contributed by atoms with Crippen LogP contribution in [0.2, 0.25) is 0 Å². The van der Waals surface area contributed by atoms with Gasteiger partial charge in [0, 0.05) is 13.0 Å². The normalized spacial score (nSPS) is 20.9. The van der Waals surface area contributed by atoms with Crippen LogP contribution in [0.25, 0.3) is 0 Å². The van der Waals surface area contributed by atoms with Gasteiger partial charge in [-0.05, 0) is 36.1 Å². The highest BCUT2D eigenvalue weighted by Crippen LogP contribution is 2.38. The Morgan fingerprint density at radius 1 is 1.26 bits per heavy atom. The second-order valence-electron chi connectivity index (χ2n) is 7.51. The third kappa shape index (κ3) is 5.13. The summed E-state index contributed by atoms with van der Waals surface area (Å²) in [6.45, 7) is 10.3. The quantitative estimate of drug-likeness (QED) is 0.805. The van der Waals surface area contributed by atoms with Crippen molar-refractivity contribution in [1.29, 1.82) is 0 Å². The lowest BCUT2D eigenvalue weighted by molar-refractivity contribution is -0.124. The predicted molar refractivity (Wildman–Crippen MR) is 80.8 cm³/mol. The fraction of sp³-hybridized carbons (Fsp3) is 0.938. The van der Waals surface area contributed by atoms with E-state index in [1.165, 1.54) is 19.3 Å². The van der Waals surface area contributed by atoms with Gasteiger partial charge in [0.1, 0.15) is 0 Å². The SMILES string of the molecule is CC(CNC(=O)CC1(CN)CCCCC1)C(C)(C)C. The molecule has 1 amide bonds. The zero-order valence-corrected chi connectivity index (χ0v) is 13.2. The van der Waals surface area contributed by atoms with Crippen LogP contribution in [-0.4, -0.2) is 19.0 Å². The summed E-state index contributed by atoms with van der Waals surface area (Å²) < 4.78 is 0. The summed E-state index contributed by atoms with van der Waals surface area (Å²) >= 11 is 0. The molecule has 1 fully saturated rings. The molecule has 0 spiro atoms. The smallest absolute Gasteiger partial charge is 0.220 e. The van der Waals surface area contributed by atoms with E-state index in [9.17, 15) is 4.79 Å². The van der Waals surface area contributed by atoms with Crippen LogP contribution in [0, 0.1) is 16.7 Å². The molecule has 0 aliphatic heterocycles. The zero-order chi connectivity index (χ0) is 14.5. The van der Waals surface area contributed by atoms with Gasteiger partial charge in [-0.2, -0.15) is 0 Å². The average molecular weight is 268 g/mol. The van der Waals surface area contributed by atoms with Gasteiger partial charge >= 0.3 is 0 Å². The molecule has 1 aliphatic carbocycles. The van der Waals surface area contributed by atoms with Crippen molar-refractivity contribution >= 4 is 5.91 Å². The highest BCUT2D eigenvalue weighted by Gasteiger charge is 2.33. The number of carbonyl (C=O) groups excluding carboxylic acids is 1. The first kappa shape index (κ1) is 16.5. The number of nitrogens with two attached hydrogens (primary N) is 1. The molecule has 1 unspecified atom stereocenters. The van der Waals surface area contributed by atoms with E-state index < -0.39 is 0 Å². The maximum absolute atomic E-state index is 12.1. The van der Waals surface area contributed by atoms with Crippen LogP contribution in [0.15, 0.2) is 0 Å². The van der Waals surface area contributed by atoms with Crippen molar-refractivity contribution in [2.24, 2.45) is 22.5 Å². The van der Waals surface area contributed by atoms with E-state index >= 15 is 0 Å². The van der Waals surface area contributed by atoms with Crippen molar-refractivity contribution in [3.63, 3.8) is 0 Å². The van der Waals surface area contributed by atoms with Crippen LogP contribution in [0.3, 0.4) is 0 Å². The molecule has 3 heteroatoms. The summed E-state index contributed by atoms with van der Waals surface area (Å²) in [5.74, 6) is 0.667. The van der Waals surface area contributed by atoms with Crippen LogP contribution >= 0.6 is 0 Å². The lowest BCUT2D eigenvalue weighted by atomic mass is 9.71. The molecule has 3 N–H and O–H groups in total. The van der Waals surface area contributed by atoms with Crippen molar-refractivity contribution < 1.29 is 4.79 Å². The number of rotatable bonds is 5. The van der Waals surface area contributed by atoms with Crippen molar-refractivity contribution in [2.75, 3.05) is 13.1 Å². The molecule has 112 valence electrons. The number of hydrogen-bond donors (Lipinski definition) is 2. The highest BCUT2D eigenvalue weighted by atomic mass is 16.1. The molecule has 1 atom stereocenters. The van der Waals surface area contributed by atoms with E-state index in [0.29, 0.717) is 18.9 Å². The van der Waals surface area contributed by atoms with Gasteiger partial charge < -0.3 is 11.1 Å². The average Bonchev–Trinajstić information content (AvgIpc) is 2.36. The standard InChI is InChI=1S/C16H32N2O/c1-13(15(2,3)4)11-18-14(19)10-16(12-17)8-6-5-7-9-16/h13H,5-12,17H2,1-4H3,(H,18,19). The van der Waals surface area contributed by atoms with Crippen molar-refractivity contribution in [3.05, 3.63) is 0 Å². The first-order valence-corrected chi connectivity index (χ1v) is 7.76. The lowest BCUT2D eigenvalue weighted by Crippen LogP contribution is -2.40. The summed E-state index contributed by atoms with van der Waals surface area (Å²) in [5, 5.41) is 3.10. The molecule has 0 heterocycles. The summed E-state index contributed by atoms with van der Waals surface area (Å²) in [4.78, 5) is 12.1. The van der Waals surface area contributed by atoms with Crippen molar-refractivity contribution in [2.45, 2.75) is 66.2 Å². The van der Waals surface area contributed by atoms with E-state index in [1.54, 1.807) is 0 Å². The Hall–Kier alpha value is -0.570. The van der Waals surface area contributed by atoms with Crippen LogP contribution in [0.1, 0.15) is 66.2 Å². The summed E-state index contributed by atoms with van der Waals surface area (Å²) in [5.41, 5.74) is 6.25. The molecule has 0 aromatic rings. The molecule has 19 heavy (non-hydrogen) atoms. The highest BCUT2D eigenvalue weighted by molar-refractivity contribution is 5.76. The first-order valence-electron chi connectivity index (χ1n) is 7.76. The molecular weight excluding hydrogens is 236 g/mol. The number of amides is 1. The van der Waals surface area contributed by atoms with E-state index in [2.05, 4.69) is 33.0 Å². The Kier molecular flexibility index (Phi) is 5.84. The fourth-order valence-electron chi connectivity index (χ4n) is 2.73. The molecule has 0 aromatic carbocycles. The van der Waals surface area contributed by atoms with E-state index in [4.69, 9.17) is 5.73 Å². The molecule has 0 aromatic heterocycles. The number of carbonyl (C=O) groups is 1. The molecule has 0 radical (unpaired) electrons. The van der Waals surface area contributed by atoms with Gasteiger partial charge in [-0.3, -0.25) is 4.79 Å². The minimum absolute atomic E-state index is 0.0767. The molecule has 0 bridgehead atoms. The molecule has 1 aliphatic rings. The van der Waals surface area contributed by atoms with E-state index in [-0.39, 0.29) is 16.7 Å². The minimum atomic E-state index is 0.0767. The minimum Gasteiger partial charge on any atom is -0.356 e. The maximum Gasteiger partial charge on any atom is 0.220 e. The summed E-state index contributed by atoms with van der Waals surface area (Å²) in [7, 11) is 0. The van der Waals surface area contributed by atoms with Gasteiger partial charge in [-0.25, -0.2) is 0 Å². The van der Waals surface area contributed by atoms with Crippen LogP contribution in [0.4, 0.5) is 0 Å². The van der Waals surface area contributed by atoms with E-state index in [1.807, 2.05) is 0 Å². The number of nitrogens with one attached hydrogen (secondary N) is 1. The largest absolute Gasteiger partial charge is 0.356 e. The number of hydrogen-bond acceptors (Lipinski definition) is 2. The van der Waals surface area contributed by atoms with Crippen LogP contribution < -0.4 is 11.1 Å². The van der Waals surface area contributed by atoms with Gasteiger partial charge in [0.2, 0.25) is 5.91 Å². The molecule has 1 saturated carbocycles. The monoisotopic (exact) mass is 268 g/mol. The second-order valence-corrected chi connectivity index (χ2v) is 7.51. The fourth-order valence-corrected chi connectivity index (χ4v) is 2.73. The van der Waals surface area contributed by atoms with Gasteiger partial charge in [-0.1, -0.05) is 47.0 Å². The maximum atomic E-state index is 12.1. The molecular formula is C16H32N2O. The second kappa shape index (κ2) is 6.74. The lowest BCUT2D eigenvalue weighted by Gasteiger charge is -2.36. The molecule has 3 nitrogen and oxygen atoms in total. The molecule has 0 saturated heterocycles. The summed E-state index contributed by atoms with van der Waals surface area (Å²) in [6.07, 6.45) is 6.59. The summed E-state index contributed by atoms with van der Waals surface area (Å²) in [6, 6.07) is 0. The van der Waals surface area contributed by atoms with Crippen LogP contribution in [-0.2, 0) is 4.79 Å². The van der Waals surface area contributed by atoms with Gasteiger partial charge in [0.25, 0.3) is 0 Å². The Bertz CT molecular complexity index is 288. The first-order chi connectivity index (χ1) is 8.79. The predicted octanol–water partition coefficient (Wildman–Crippen LogP) is 3.08. The Balaban J connectivity index is 2.41. The van der Waals surface area contributed by atoms with Crippen LogP contribution in [0.5, 0.6) is 0 Å². The van der Waals surface area contributed by atoms with Crippen molar-refractivity contribution in [1.82, 2.24) is 5.32 Å². The third-order valence-corrected chi connectivity index (χ3v) is 4.97. The third-order valence-electron chi connectivity index (χ3n) is 4.97. The Morgan fingerprint density at radius 3 is 2.32 bits per heavy atom. The van der Waals surface area contributed by atoms with Gasteiger partial charge in [-0.15, -0.1) is 0 Å². The molecule has 1 rings (SSSR count). The van der Waals surface area contributed by atoms with Gasteiger partial charge in [0.15, 0.2) is 0 Å². The van der Waals surface area contributed by atoms with Gasteiger partial charge in [0.05, 0.1) is 0 Å².